The SMILES string of the molecule is COc1ccc(-c2[nH]c3ncc(C#CCCO)cc3c2CC(C)C)cn1. The van der Waals surface area contributed by atoms with E-state index in [1.165, 1.54) is 5.56 Å². The monoisotopic (exact) mass is 349 g/mol. The Balaban J connectivity index is 2.11. The number of hydrogen-bond acceptors (Lipinski definition) is 4. The van der Waals surface area contributed by atoms with E-state index in [9.17, 15) is 0 Å². The van der Waals surface area contributed by atoms with E-state index in [1.807, 2.05) is 18.3 Å². The van der Waals surface area contributed by atoms with Crippen LogP contribution < -0.4 is 4.74 Å². The Morgan fingerprint density at radius 2 is 2.08 bits per heavy atom. The normalized spacial score (nSPS) is 10.8. The molecule has 5 nitrogen and oxygen atoms in total. The van der Waals surface area contributed by atoms with Crippen LogP contribution in [0.3, 0.4) is 0 Å². The van der Waals surface area contributed by atoms with E-state index in [2.05, 4.69) is 46.7 Å². The van der Waals surface area contributed by atoms with Gasteiger partial charge in [0.2, 0.25) is 5.88 Å². The highest BCUT2D eigenvalue weighted by Gasteiger charge is 2.16. The van der Waals surface area contributed by atoms with Gasteiger partial charge in [0.05, 0.1) is 19.4 Å². The minimum atomic E-state index is 0.0695. The van der Waals surface area contributed by atoms with Gasteiger partial charge in [0.25, 0.3) is 0 Å². The van der Waals surface area contributed by atoms with Gasteiger partial charge in [0.1, 0.15) is 5.65 Å². The van der Waals surface area contributed by atoms with Crippen LogP contribution in [0, 0.1) is 17.8 Å². The van der Waals surface area contributed by atoms with Crippen LogP contribution >= 0.6 is 0 Å². The Morgan fingerprint density at radius 3 is 2.73 bits per heavy atom. The third kappa shape index (κ3) is 3.87. The number of rotatable bonds is 5. The first-order valence-electron chi connectivity index (χ1n) is 8.73. The van der Waals surface area contributed by atoms with Crippen molar-refractivity contribution >= 4 is 11.0 Å². The molecule has 0 aliphatic heterocycles. The molecule has 0 fully saturated rings. The summed E-state index contributed by atoms with van der Waals surface area (Å²) in [6, 6.07) is 5.93. The minimum Gasteiger partial charge on any atom is -0.481 e. The topological polar surface area (TPSA) is 71.0 Å². The van der Waals surface area contributed by atoms with Crippen molar-refractivity contribution in [3.63, 3.8) is 0 Å². The van der Waals surface area contributed by atoms with Gasteiger partial charge >= 0.3 is 0 Å². The minimum absolute atomic E-state index is 0.0695. The first kappa shape index (κ1) is 18.0. The van der Waals surface area contributed by atoms with Crippen molar-refractivity contribution in [1.29, 1.82) is 0 Å². The maximum absolute atomic E-state index is 8.89. The number of aliphatic hydroxyl groups is 1. The zero-order chi connectivity index (χ0) is 18.5. The molecule has 3 heterocycles. The summed E-state index contributed by atoms with van der Waals surface area (Å²) in [4.78, 5) is 12.3. The molecule has 0 atom stereocenters. The number of nitrogens with one attached hydrogen (secondary N) is 1. The molecule has 26 heavy (non-hydrogen) atoms. The molecule has 0 unspecified atom stereocenters. The fourth-order valence-electron chi connectivity index (χ4n) is 2.93. The molecule has 2 N–H and O–H groups in total. The molecule has 5 heteroatoms. The molecule has 0 saturated heterocycles. The first-order valence-corrected chi connectivity index (χ1v) is 8.73. The molecule has 0 bridgehead atoms. The van der Waals surface area contributed by atoms with Gasteiger partial charge in [-0.15, -0.1) is 0 Å². The van der Waals surface area contributed by atoms with E-state index < -0.39 is 0 Å². The number of pyridine rings is 2. The number of methoxy groups -OCH3 is 1. The molecule has 0 amide bonds. The number of aromatic nitrogens is 3. The van der Waals surface area contributed by atoms with Crippen molar-refractivity contribution in [2.75, 3.05) is 13.7 Å². The van der Waals surface area contributed by atoms with Crippen LogP contribution in [0.2, 0.25) is 0 Å². The molecule has 0 aromatic carbocycles. The van der Waals surface area contributed by atoms with Gasteiger partial charge in [0, 0.05) is 41.4 Å². The van der Waals surface area contributed by atoms with E-state index >= 15 is 0 Å². The van der Waals surface area contributed by atoms with E-state index in [1.54, 1.807) is 13.3 Å². The van der Waals surface area contributed by atoms with E-state index in [0.29, 0.717) is 18.2 Å². The summed E-state index contributed by atoms with van der Waals surface area (Å²) in [5.41, 5.74) is 4.97. The number of H-pyrrole nitrogens is 1. The van der Waals surface area contributed by atoms with Crippen molar-refractivity contribution in [1.82, 2.24) is 15.0 Å². The lowest BCUT2D eigenvalue weighted by atomic mass is 9.97. The highest BCUT2D eigenvalue weighted by atomic mass is 16.5. The first-order chi connectivity index (χ1) is 12.6. The summed E-state index contributed by atoms with van der Waals surface area (Å²) in [5.74, 6) is 7.12. The summed E-state index contributed by atoms with van der Waals surface area (Å²) in [7, 11) is 1.61. The van der Waals surface area contributed by atoms with Gasteiger partial charge < -0.3 is 14.8 Å². The molecular weight excluding hydrogens is 326 g/mol. The molecule has 0 radical (unpaired) electrons. The zero-order valence-electron chi connectivity index (χ0n) is 15.3. The van der Waals surface area contributed by atoms with E-state index in [0.717, 1.165) is 34.3 Å². The molecule has 0 aliphatic rings. The fraction of sp³-hybridized carbons (Fsp3) is 0.333. The van der Waals surface area contributed by atoms with Gasteiger partial charge in [-0.3, -0.25) is 0 Å². The van der Waals surface area contributed by atoms with Crippen molar-refractivity contribution in [3.05, 3.63) is 41.7 Å². The van der Waals surface area contributed by atoms with Crippen LogP contribution in [0.1, 0.15) is 31.4 Å². The smallest absolute Gasteiger partial charge is 0.212 e. The van der Waals surface area contributed by atoms with Crippen molar-refractivity contribution in [3.8, 4) is 29.0 Å². The van der Waals surface area contributed by atoms with Gasteiger partial charge in [-0.1, -0.05) is 25.7 Å². The fourth-order valence-corrected chi connectivity index (χ4v) is 2.93. The lowest BCUT2D eigenvalue weighted by Crippen LogP contribution is -1.96. The molecular formula is C21H23N3O2. The number of aromatic amines is 1. The molecule has 0 aliphatic carbocycles. The van der Waals surface area contributed by atoms with Crippen LogP contribution in [0.25, 0.3) is 22.3 Å². The van der Waals surface area contributed by atoms with Crippen LogP contribution in [0.4, 0.5) is 0 Å². The predicted octanol–water partition coefficient (Wildman–Crippen LogP) is 3.57. The second kappa shape index (κ2) is 8.03. The quantitative estimate of drug-likeness (QED) is 0.691. The summed E-state index contributed by atoms with van der Waals surface area (Å²) in [6.45, 7) is 4.47. The third-order valence-corrected chi connectivity index (χ3v) is 4.07. The van der Waals surface area contributed by atoms with Gasteiger partial charge in [0.15, 0.2) is 0 Å². The van der Waals surface area contributed by atoms with Crippen LogP contribution in [-0.4, -0.2) is 33.8 Å². The van der Waals surface area contributed by atoms with Gasteiger partial charge in [-0.2, -0.15) is 0 Å². The molecule has 3 rings (SSSR count). The Labute approximate surface area is 153 Å². The number of aliphatic hydroxyl groups excluding tert-OH is 1. The van der Waals surface area contributed by atoms with Crippen molar-refractivity contribution < 1.29 is 9.84 Å². The largest absolute Gasteiger partial charge is 0.481 e. The van der Waals surface area contributed by atoms with E-state index in [-0.39, 0.29) is 6.61 Å². The number of hydrogen-bond donors (Lipinski definition) is 2. The lowest BCUT2D eigenvalue weighted by Gasteiger charge is -2.08. The maximum atomic E-state index is 8.89. The third-order valence-electron chi connectivity index (χ3n) is 4.07. The molecule has 0 saturated carbocycles. The molecule has 134 valence electrons. The van der Waals surface area contributed by atoms with Crippen molar-refractivity contribution in [2.45, 2.75) is 26.7 Å². The Morgan fingerprint density at radius 1 is 1.23 bits per heavy atom. The van der Waals surface area contributed by atoms with Gasteiger partial charge in [-0.05, 0) is 30.0 Å². The summed E-state index contributed by atoms with van der Waals surface area (Å²) in [5, 5.41) is 9.97. The molecule has 3 aromatic rings. The number of ether oxygens (including phenoxy) is 1. The Bertz CT molecular complexity index is 947. The van der Waals surface area contributed by atoms with Crippen LogP contribution in [0.15, 0.2) is 30.6 Å². The van der Waals surface area contributed by atoms with Gasteiger partial charge in [-0.25, -0.2) is 9.97 Å². The average Bonchev–Trinajstić information content (AvgIpc) is 2.99. The summed E-state index contributed by atoms with van der Waals surface area (Å²) in [6.07, 6.45) is 4.97. The Kier molecular flexibility index (Phi) is 5.55. The Hall–Kier alpha value is -2.84. The zero-order valence-corrected chi connectivity index (χ0v) is 15.3. The second-order valence-electron chi connectivity index (χ2n) is 6.56. The number of nitrogens with zero attached hydrogens (tertiary/aromatic N) is 2. The maximum Gasteiger partial charge on any atom is 0.212 e. The summed E-state index contributed by atoms with van der Waals surface area (Å²) >= 11 is 0. The van der Waals surface area contributed by atoms with Crippen LogP contribution in [0.5, 0.6) is 5.88 Å². The average molecular weight is 349 g/mol. The van der Waals surface area contributed by atoms with Crippen LogP contribution in [-0.2, 0) is 6.42 Å². The van der Waals surface area contributed by atoms with Crippen molar-refractivity contribution in [2.24, 2.45) is 5.92 Å². The highest BCUT2D eigenvalue weighted by molar-refractivity contribution is 5.89. The predicted molar refractivity (Wildman–Crippen MR) is 103 cm³/mol. The lowest BCUT2D eigenvalue weighted by molar-refractivity contribution is 0.305. The molecule has 0 spiro atoms. The number of fused-ring (bicyclic) bond motifs is 1. The standard InChI is InChI=1S/C21H23N3O2/c1-14(2)10-17-18-11-15(6-4-5-9-25)12-23-21(18)24-20(17)16-7-8-19(26-3)22-13-16/h7-8,11-14,25H,5,9-10H2,1-3H3,(H,23,24). The second-order valence-corrected chi connectivity index (χ2v) is 6.56. The molecule has 3 aromatic heterocycles. The summed E-state index contributed by atoms with van der Waals surface area (Å²) < 4.78 is 5.15. The highest BCUT2D eigenvalue weighted by Crippen LogP contribution is 2.32. The van der Waals surface area contributed by atoms with E-state index in [4.69, 9.17) is 9.84 Å².